The van der Waals surface area contributed by atoms with Gasteiger partial charge in [0.1, 0.15) is 0 Å². The van der Waals surface area contributed by atoms with E-state index in [2.05, 4.69) is 42.3 Å². The normalized spacial score (nSPS) is 11.5. The van der Waals surface area contributed by atoms with Crippen LogP contribution in [0.5, 0.6) is 0 Å². The van der Waals surface area contributed by atoms with E-state index in [1.165, 1.54) is 0 Å². The SMILES string of the molecule is N/C(=N/O)c1ccc(CNc2cc(Br)ccc2Br)c(Cl)c1. The van der Waals surface area contributed by atoms with Gasteiger partial charge in [0.05, 0.1) is 0 Å². The van der Waals surface area contributed by atoms with E-state index in [1.807, 2.05) is 24.3 Å². The maximum absolute atomic E-state index is 8.65. The molecule has 0 fully saturated rings. The van der Waals surface area contributed by atoms with Crippen molar-refractivity contribution in [2.45, 2.75) is 6.54 Å². The van der Waals surface area contributed by atoms with E-state index in [0.29, 0.717) is 17.1 Å². The second-order valence-corrected chi connectivity index (χ2v) is 6.45. The van der Waals surface area contributed by atoms with E-state index in [0.717, 1.165) is 20.2 Å². The first-order valence-corrected chi connectivity index (χ1v) is 7.93. The van der Waals surface area contributed by atoms with Crippen molar-refractivity contribution in [2.75, 3.05) is 5.32 Å². The monoisotopic (exact) mass is 431 g/mol. The van der Waals surface area contributed by atoms with Crippen LogP contribution in [-0.4, -0.2) is 11.0 Å². The minimum atomic E-state index is 0.0335. The minimum Gasteiger partial charge on any atom is -0.409 e. The maximum Gasteiger partial charge on any atom is 0.170 e. The third-order valence-electron chi connectivity index (χ3n) is 2.85. The third-order valence-corrected chi connectivity index (χ3v) is 4.39. The summed E-state index contributed by atoms with van der Waals surface area (Å²) in [6, 6.07) is 11.2. The lowest BCUT2D eigenvalue weighted by atomic mass is 10.1. The predicted molar refractivity (Wildman–Crippen MR) is 93.1 cm³/mol. The van der Waals surface area contributed by atoms with Crippen LogP contribution in [0.1, 0.15) is 11.1 Å². The van der Waals surface area contributed by atoms with Gasteiger partial charge in [-0.05, 0) is 45.8 Å². The van der Waals surface area contributed by atoms with Gasteiger partial charge in [0.25, 0.3) is 0 Å². The molecule has 0 spiro atoms. The number of halogens is 3. The quantitative estimate of drug-likeness (QED) is 0.286. The van der Waals surface area contributed by atoms with Gasteiger partial charge in [-0.2, -0.15) is 0 Å². The van der Waals surface area contributed by atoms with Crippen molar-refractivity contribution < 1.29 is 5.21 Å². The summed E-state index contributed by atoms with van der Waals surface area (Å²) in [5.41, 5.74) is 7.98. The fourth-order valence-corrected chi connectivity index (χ4v) is 2.73. The molecule has 2 rings (SSSR count). The molecule has 0 aliphatic rings. The van der Waals surface area contributed by atoms with Crippen LogP contribution in [0.2, 0.25) is 5.02 Å². The topological polar surface area (TPSA) is 70.6 Å². The first-order valence-electron chi connectivity index (χ1n) is 5.96. The smallest absolute Gasteiger partial charge is 0.170 e. The van der Waals surface area contributed by atoms with Gasteiger partial charge < -0.3 is 16.3 Å². The molecule has 2 aromatic carbocycles. The second kappa shape index (κ2) is 7.15. The van der Waals surface area contributed by atoms with E-state index < -0.39 is 0 Å². The fraction of sp³-hybridized carbons (Fsp3) is 0.0714. The molecule has 2 aromatic rings. The molecule has 110 valence electrons. The number of hydrogen-bond acceptors (Lipinski definition) is 3. The van der Waals surface area contributed by atoms with E-state index in [-0.39, 0.29) is 5.84 Å². The minimum absolute atomic E-state index is 0.0335. The molecule has 0 amide bonds. The molecule has 0 saturated carbocycles. The highest BCUT2D eigenvalue weighted by Gasteiger charge is 2.06. The molecule has 7 heteroatoms. The summed E-state index contributed by atoms with van der Waals surface area (Å²) in [6.45, 7) is 0.560. The third kappa shape index (κ3) is 4.12. The highest BCUT2D eigenvalue weighted by atomic mass is 79.9. The van der Waals surface area contributed by atoms with Gasteiger partial charge in [0.15, 0.2) is 5.84 Å². The Kier molecular flexibility index (Phi) is 5.50. The summed E-state index contributed by atoms with van der Waals surface area (Å²) in [4.78, 5) is 0. The van der Waals surface area contributed by atoms with Gasteiger partial charge in [-0.3, -0.25) is 0 Å². The van der Waals surface area contributed by atoms with E-state index >= 15 is 0 Å². The molecule has 0 aromatic heterocycles. The molecule has 21 heavy (non-hydrogen) atoms. The molecule has 0 radical (unpaired) electrons. The van der Waals surface area contributed by atoms with Crippen molar-refractivity contribution in [1.29, 1.82) is 0 Å². The molecular formula is C14H12Br2ClN3O. The van der Waals surface area contributed by atoms with Crippen LogP contribution in [0.3, 0.4) is 0 Å². The Labute approximate surface area is 144 Å². The van der Waals surface area contributed by atoms with Gasteiger partial charge in [-0.1, -0.05) is 44.8 Å². The lowest BCUT2D eigenvalue weighted by Crippen LogP contribution is -2.13. The average Bonchev–Trinajstić information content (AvgIpc) is 2.48. The van der Waals surface area contributed by atoms with Gasteiger partial charge in [0.2, 0.25) is 0 Å². The summed E-state index contributed by atoms with van der Waals surface area (Å²) in [5, 5.41) is 15.5. The van der Waals surface area contributed by atoms with Crippen LogP contribution in [-0.2, 0) is 6.54 Å². The lowest BCUT2D eigenvalue weighted by molar-refractivity contribution is 0.318. The first-order chi connectivity index (χ1) is 10.0. The average molecular weight is 434 g/mol. The molecule has 0 aliphatic heterocycles. The summed E-state index contributed by atoms with van der Waals surface area (Å²) in [5.74, 6) is 0.0335. The number of hydrogen-bond donors (Lipinski definition) is 3. The van der Waals surface area contributed by atoms with Gasteiger partial charge in [0, 0.05) is 31.8 Å². The van der Waals surface area contributed by atoms with E-state index in [4.69, 9.17) is 22.5 Å². The van der Waals surface area contributed by atoms with E-state index in [9.17, 15) is 0 Å². The van der Waals surface area contributed by atoms with Gasteiger partial charge >= 0.3 is 0 Å². The fourth-order valence-electron chi connectivity index (χ4n) is 1.73. The number of rotatable bonds is 4. The largest absolute Gasteiger partial charge is 0.409 e. The van der Waals surface area contributed by atoms with Crippen molar-refractivity contribution in [3.8, 4) is 0 Å². The van der Waals surface area contributed by atoms with Gasteiger partial charge in [-0.15, -0.1) is 0 Å². The Morgan fingerprint density at radius 2 is 2.00 bits per heavy atom. The molecule has 4 nitrogen and oxygen atoms in total. The highest BCUT2D eigenvalue weighted by molar-refractivity contribution is 9.11. The lowest BCUT2D eigenvalue weighted by Gasteiger charge is -2.11. The van der Waals surface area contributed by atoms with Crippen LogP contribution in [0.4, 0.5) is 5.69 Å². The molecule has 0 saturated heterocycles. The first kappa shape index (κ1) is 16.1. The summed E-state index contributed by atoms with van der Waals surface area (Å²) >= 11 is 13.1. The Morgan fingerprint density at radius 1 is 1.24 bits per heavy atom. The van der Waals surface area contributed by atoms with Crippen molar-refractivity contribution in [2.24, 2.45) is 10.9 Å². The Morgan fingerprint density at radius 3 is 2.67 bits per heavy atom. The van der Waals surface area contributed by atoms with Crippen molar-refractivity contribution >= 4 is 55.0 Å². The van der Waals surface area contributed by atoms with Crippen molar-refractivity contribution in [1.82, 2.24) is 0 Å². The Bertz CT molecular complexity index is 692. The number of oxime groups is 1. The molecule has 0 atom stereocenters. The van der Waals surface area contributed by atoms with Crippen LogP contribution >= 0.6 is 43.5 Å². The number of nitrogens with two attached hydrogens (primary N) is 1. The molecule has 0 heterocycles. The number of benzene rings is 2. The number of nitrogens with one attached hydrogen (secondary N) is 1. The number of nitrogens with zero attached hydrogens (tertiary/aromatic N) is 1. The van der Waals surface area contributed by atoms with Crippen LogP contribution < -0.4 is 11.1 Å². The Balaban J connectivity index is 2.15. The standard InChI is InChI=1S/C14H12Br2ClN3O/c15-10-3-4-11(16)13(6-10)19-7-9-2-1-8(5-12(9)17)14(18)20-21/h1-6,19,21H,7H2,(H2,18,20). The summed E-state index contributed by atoms with van der Waals surface area (Å²) in [6.07, 6.45) is 0. The zero-order valence-electron chi connectivity index (χ0n) is 10.8. The van der Waals surface area contributed by atoms with Crippen LogP contribution in [0, 0.1) is 0 Å². The van der Waals surface area contributed by atoms with Gasteiger partial charge in [-0.25, -0.2) is 0 Å². The number of anilines is 1. The second-order valence-electron chi connectivity index (χ2n) is 4.27. The summed E-state index contributed by atoms with van der Waals surface area (Å²) < 4.78 is 1.96. The van der Waals surface area contributed by atoms with Crippen molar-refractivity contribution in [3.05, 3.63) is 61.5 Å². The predicted octanol–water partition coefficient (Wildman–Crippen LogP) is 4.57. The maximum atomic E-state index is 8.65. The Hall–Kier alpha value is -1.24. The highest BCUT2D eigenvalue weighted by Crippen LogP contribution is 2.27. The molecule has 0 bridgehead atoms. The van der Waals surface area contributed by atoms with Crippen LogP contribution in [0.25, 0.3) is 0 Å². The molecular weight excluding hydrogens is 421 g/mol. The molecule has 0 unspecified atom stereocenters. The van der Waals surface area contributed by atoms with Crippen molar-refractivity contribution in [3.63, 3.8) is 0 Å². The van der Waals surface area contributed by atoms with E-state index in [1.54, 1.807) is 12.1 Å². The van der Waals surface area contributed by atoms with Crippen LogP contribution in [0.15, 0.2) is 50.5 Å². The molecule has 4 N–H and O–H groups in total. The molecule has 0 aliphatic carbocycles. The summed E-state index contributed by atoms with van der Waals surface area (Å²) in [7, 11) is 0. The zero-order valence-corrected chi connectivity index (χ0v) is 14.7. The zero-order chi connectivity index (χ0) is 15.4. The number of amidine groups is 1.